The van der Waals surface area contributed by atoms with E-state index in [2.05, 4.69) is 15.9 Å². The van der Waals surface area contributed by atoms with Crippen LogP contribution in [0.4, 0.5) is 10.1 Å². The Hall–Kier alpha value is -2.41. The van der Waals surface area contributed by atoms with Crippen LogP contribution in [-0.4, -0.2) is 37.4 Å². The van der Waals surface area contributed by atoms with Crippen molar-refractivity contribution in [3.8, 4) is 5.75 Å². The Bertz CT molecular complexity index is 874. The first-order valence-corrected chi connectivity index (χ1v) is 9.32. The number of para-hydroxylation sites is 1. The molecule has 0 aromatic heterocycles. The number of carbonyl (C=O) groups excluding carboxylic acids is 2. The number of carbonyl (C=O) groups is 2. The molecule has 1 atom stereocenters. The molecule has 142 valence electrons. The van der Waals surface area contributed by atoms with Gasteiger partial charge in [0.05, 0.1) is 18.7 Å². The molecule has 0 aliphatic carbocycles. The molecule has 0 N–H and O–H groups in total. The topological polar surface area (TPSA) is 49.9 Å². The van der Waals surface area contributed by atoms with Crippen molar-refractivity contribution in [2.24, 2.45) is 5.92 Å². The third-order valence-electron chi connectivity index (χ3n) is 4.64. The second-order valence-corrected chi connectivity index (χ2v) is 7.42. The molecular weight excluding hydrogens is 415 g/mol. The van der Waals surface area contributed by atoms with E-state index in [1.54, 1.807) is 37.3 Å². The number of hydrogen-bond donors (Lipinski definition) is 0. The first-order valence-electron chi connectivity index (χ1n) is 8.53. The zero-order valence-electron chi connectivity index (χ0n) is 15.1. The van der Waals surface area contributed by atoms with Crippen molar-refractivity contribution < 1.29 is 18.7 Å². The van der Waals surface area contributed by atoms with Crippen molar-refractivity contribution in [3.05, 3.63) is 58.3 Å². The number of anilines is 1. The highest BCUT2D eigenvalue weighted by molar-refractivity contribution is 9.10. The summed E-state index contributed by atoms with van der Waals surface area (Å²) in [6.45, 7) is 0.532. The maximum absolute atomic E-state index is 14.0. The summed E-state index contributed by atoms with van der Waals surface area (Å²) in [5, 5.41) is 0. The lowest BCUT2D eigenvalue weighted by Gasteiger charge is -2.22. The minimum Gasteiger partial charge on any atom is -0.496 e. The Labute approximate surface area is 165 Å². The van der Waals surface area contributed by atoms with Crippen LogP contribution in [0, 0.1) is 11.7 Å². The molecule has 2 aromatic rings. The highest BCUT2D eigenvalue weighted by Crippen LogP contribution is 2.29. The summed E-state index contributed by atoms with van der Waals surface area (Å²) in [6, 6.07) is 11.7. The molecule has 0 bridgehead atoms. The predicted molar refractivity (Wildman–Crippen MR) is 104 cm³/mol. The highest BCUT2D eigenvalue weighted by Gasteiger charge is 2.37. The van der Waals surface area contributed by atoms with Crippen molar-refractivity contribution >= 4 is 33.4 Å². The SMILES string of the molecule is COc1ccc(Br)cc1CN(C)C(=O)[C@@H]1CC(=O)N(c2ccccc2F)C1. The van der Waals surface area contributed by atoms with E-state index in [-0.39, 0.29) is 30.5 Å². The van der Waals surface area contributed by atoms with Gasteiger partial charge in [-0.3, -0.25) is 9.59 Å². The first kappa shape index (κ1) is 19.4. The van der Waals surface area contributed by atoms with Gasteiger partial charge in [0.25, 0.3) is 0 Å². The van der Waals surface area contributed by atoms with E-state index in [0.29, 0.717) is 12.3 Å². The molecule has 0 unspecified atom stereocenters. The molecule has 27 heavy (non-hydrogen) atoms. The van der Waals surface area contributed by atoms with Gasteiger partial charge in [-0.05, 0) is 30.3 Å². The number of hydrogen-bond acceptors (Lipinski definition) is 3. The van der Waals surface area contributed by atoms with Gasteiger partial charge in [-0.25, -0.2) is 4.39 Å². The fourth-order valence-electron chi connectivity index (χ4n) is 3.29. The summed E-state index contributed by atoms with van der Waals surface area (Å²) in [7, 11) is 3.27. The van der Waals surface area contributed by atoms with E-state index in [1.165, 1.54) is 11.0 Å². The maximum Gasteiger partial charge on any atom is 0.228 e. The second-order valence-electron chi connectivity index (χ2n) is 6.51. The molecular formula is C20H20BrFN2O3. The number of ether oxygens (including phenoxy) is 1. The number of nitrogens with zero attached hydrogens (tertiary/aromatic N) is 2. The van der Waals surface area contributed by atoms with Crippen LogP contribution in [0.3, 0.4) is 0 Å². The van der Waals surface area contributed by atoms with Crippen LogP contribution < -0.4 is 9.64 Å². The summed E-state index contributed by atoms with van der Waals surface area (Å²) in [5.74, 6) is -0.670. The molecule has 1 heterocycles. The standard InChI is InChI=1S/C20H20BrFN2O3/c1-23(11-13-9-15(21)7-8-18(13)27-2)20(26)14-10-19(25)24(12-14)17-6-4-3-5-16(17)22/h3-9,14H,10-12H2,1-2H3/t14-/m1/s1. The van der Waals surface area contributed by atoms with Crippen LogP contribution in [0.15, 0.2) is 46.9 Å². The van der Waals surface area contributed by atoms with Crippen molar-refractivity contribution in [1.29, 1.82) is 0 Å². The minimum atomic E-state index is -0.500. The van der Waals surface area contributed by atoms with Gasteiger partial charge in [-0.2, -0.15) is 0 Å². The van der Waals surface area contributed by atoms with Crippen LogP contribution in [0.25, 0.3) is 0 Å². The molecule has 1 fully saturated rings. The van der Waals surface area contributed by atoms with E-state index < -0.39 is 11.7 Å². The molecule has 0 radical (unpaired) electrons. The van der Waals surface area contributed by atoms with Gasteiger partial charge >= 0.3 is 0 Å². The minimum absolute atomic E-state index is 0.0765. The maximum atomic E-state index is 14.0. The van der Waals surface area contributed by atoms with Crippen molar-refractivity contribution in [2.45, 2.75) is 13.0 Å². The number of rotatable bonds is 5. The summed E-state index contributed by atoms with van der Waals surface area (Å²) in [6.07, 6.45) is 0.0765. The number of halogens is 2. The monoisotopic (exact) mass is 434 g/mol. The molecule has 0 spiro atoms. The molecule has 2 aromatic carbocycles. The van der Waals surface area contributed by atoms with Crippen molar-refractivity contribution in [1.82, 2.24) is 4.90 Å². The Kier molecular flexibility index (Phi) is 5.79. The van der Waals surface area contributed by atoms with E-state index in [1.807, 2.05) is 18.2 Å². The second kappa shape index (κ2) is 8.08. The van der Waals surface area contributed by atoms with Gasteiger partial charge in [0, 0.05) is 36.6 Å². The predicted octanol–water partition coefficient (Wildman–Crippen LogP) is 3.61. The van der Waals surface area contributed by atoms with Crippen molar-refractivity contribution in [3.63, 3.8) is 0 Å². The van der Waals surface area contributed by atoms with E-state index in [0.717, 1.165) is 10.0 Å². The van der Waals surface area contributed by atoms with Gasteiger partial charge in [-0.15, -0.1) is 0 Å². The Morgan fingerprint density at radius 1 is 1.33 bits per heavy atom. The van der Waals surface area contributed by atoms with Gasteiger partial charge < -0.3 is 14.5 Å². The largest absolute Gasteiger partial charge is 0.496 e. The van der Waals surface area contributed by atoms with Crippen LogP contribution in [0.1, 0.15) is 12.0 Å². The first-order chi connectivity index (χ1) is 12.9. The summed E-state index contributed by atoms with van der Waals surface area (Å²) >= 11 is 3.42. The molecule has 1 aliphatic rings. The highest BCUT2D eigenvalue weighted by atomic mass is 79.9. The number of amides is 2. The smallest absolute Gasteiger partial charge is 0.228 e. The van der Waals surface area contributed by atoms with Gasteiger partial charge in [0.15, 0.2) is 0 Å². The zero-order chi connectivity index (χ0) is 19.6. The molecule has 7 heteroatoms. The third-order valence-corrected chi connectivity index (χ3v) is 5.14. The summed E-state index contributed by atoms with van der Waals surface area (Å²) < 4.78 is 20.2. The Morgan fingerprint density at radius 3 is 2.78 bits per heavy atom. The number of methoxy groups -OCH3 is 1. The van der Waals surface area contributed by atoms with E-state index in [4.69, 9.17) is 4.74 Å². The quantitative estimate of drug-likeness (QED) is 0.721. The zero-order valence-corrected chi connectivity index (χ0v) is 16.7. The molecule has 1 aliphatic heterocycles. The number of benzene rings is 2. The average molecular weight is 435 g/mol. The summed E-state index contributed by atoms with van der Waals surface area (Å²) in [5.41, 5.74) is 1.08. The van der Waals surface area contributed by atoms with E-state index in [9.17, 15) is 14.0 Å². The molecule has 1 saturated heterocycles. The fourth-order valence-corrected chi connectivity index (χ4v) is 3.70. The van der Waals surface area contributed by atoms with E-state index >= 15 is 0 Å². The lowest BCUT2D eigenvalue weighted by molar-refractivity contribution is -0.135. The van der Waals surface area contributed by atoms with Crippen molar-refractivity contribution in [2.75, 3.05) is 25.6 Å². The van der Waals surface area contributed by atoms with Gasteiger partial charge in [0.1, 0.15) is 11.6 Å². The molecule has 5 nitrogen and oxygen atoms in total. The molecule has 3 rings (SSSR count). The van der Waals surface area contributed by atoms with Crippen LogP contribution >= 0.6 is 15.9 Å². The molecule has 2 amide bonds. The summed E-state index contributed by atoms with van der Waals surface area (Å²) in [4.78, 5) is 28.1. The third kappa shape index (κ3) is 4.13. The average Bonchev–Trinajstić information content (AvgIpc) is 3.03. The lowest BCUT2D eigenvalue weighted by atomic mass is 10.1. The van der Waals surface area contributed by atoms with Crippen LogP contribution in [0.5, 0.6) is 5.75 Å². The Morgan fingerprint density at radius 2 is 2.07 bits per heavy atom. The van der Waals surface area contributed by atoms with Crippen LogP contribution in [0.2, 0.25) is 0 Å². The fraction of sp³-hybridized carbons (Fsp3) is 0.300. The lowest BCUT2D eigenvalue weighted by Crippen LogP contribution is -2.34. The van der Waals surface area contributed by atoms with Gasteiger partial charge in [-0.1, -0.05) is 28.1 Å². The van der Waals surface area contributed by atoms with Gasteiger partial charge in [0.2, 0.25) is 11.8 Å². The molecule has 0 saturated carbocycles. The van der Waals surface area contributed by atoms with Crippen LogP contribution in [-0.2, 0) is 16.1 Å². The normalized spacial score (nSPS) is 16.5. The Balaban J connectivity index is 1.72.